The van der Waals surface area contributed by atoms with Gasteiger partial charge in [-0.15, -0.1) is 0 Å². The van der Waals surface area contributed by atoms with Gasteiger partial charge in [-0.25, -0.2) is 4.79 Å². The lowest BCUT2D eigenvalue weighted by atomic mass is 9.78. The first kappa shape index (κ1) is 23.3. The summed E-state index contributed by atoms with van der Waals surface area (Å²) in [4.78, 5) is 46.7. The number of hydrogen-bond donors (Lipinski definition) is 4. The van der Waals surface area contributed by atoms with Gasteiger partial charge in [0.15, 0.2) is 0 Å². The van der Waals surface area contributed by atoms with E-state index in [1.54, 1.807) is 0 Å². The van der Waals surface area contributed by atoms with Gasteiger partial charge >= 0.3 is 12.1 Å². The number of ether oxygens (including phenoxy) is 1. The molecular formula is C25H27N3O6. The van der Waals surface area contributed by atoms with Crippen LogP contribution in [-0.2, 0) is 19.1 Å². The molecule has 0 atom stereocenters. The monoisotopic (exact) mass is 465 g/mol. The molecule has 2 aromatic rings. The van der Waals surface area contributed by atoms with Crippen LogP contribution in [0.15, 0.2) is 48.5 Å². The Morgan fingerprint density at radius 2 is 1.44 bits per heavy atom. The number of carboxylic acids is 1. The molecule has 4 rings (SSSR count). The minimum atomic E-state index is -0.842. The molecule has 9 heteroatoms. The first-order chi connectivity index (χ1) is 16.4. The Labute approximate surface area is 196 Å². The second-order valence-corrected chi connectivity index (χ2v) is 8.66. The summed E-state index contributed by atoms with van der Waals surface area (Å²) in [5.74, 6) is -1.70. The van der Waals surface area contributed by atoms with E-state index in [0.29, 0.717) is 12.8 Å². The van der Waals surface area contributed by atoms with E-state index >= 15 is 0 Å². The zero-order valence-electron chi connectivity index (χ0n) is 18.6. The topological polar surface area (TPSA) is 134 Å². The Kier molecular flexibility index (Phi) is 7.10. The van der Waals surface area contributed by atoms with Crippen LogP contribution in [0.2, 0.25) is 0 Å². The number of amides is 3. The van der Waals surface area contributed by atoms with E-state index in [-0.39, 0.29) is 49.9 Å². The van der Waals surface area contributed by atoms with Crippen LogP contribution in [0, 0.1) is 5.92 Å². The largest absolute Gasteiger partial charge is 0.481 e. The van der Waals surface area contributed by atoms with E-state index in [0.717, 1.165) is 22.3 Å². The highest BCUT2D eigenvalue weighted by molar-refractivity contribution is 5.87. The van der Waals surface area contributed by atoms with Crippen LogP contribution in [0.5, 0.6) is 0 Å². The highest BCUT2D eigenvalue weighted by Gasteiger charge is 2.32. The van der Waals surface area contributed by atoms with Gasteiger partial charge in [-0.2, -0.15) is 0 Å². The van der Waals surface area contributed by atoms with Crippen molar-refractivity contribution in [3.8, 4) is 11.1 Å². The maximum atomic E-state index is 12.1. The number of carbonyl (C=O) groups excluding carboxylic acids is 3. The number of hydrogen-bond acceptors (Lipinski definition) is 5. The highest BCUT2D eigenvalue weighted by atomic mass is 16.5. The van der Waals surface area contributed by atoms with E-state index in [1.807, 2.05) is 48.5 Å². The lowest BCUT2D eigenvalue weighted by Gasteiger charge is -2.34. The first-order valence-corrected chi connectivity index (χ1v) is 11.3. The molecule has 0 spiro atoms. The molecule has 0 aliphatic heterocycles. The predicted molar refractivity (Wildman–Crippen MR) is 123 cm³/mol. The van der Waals surface area contributed by atoms with Crippen molar-refractivity contribution in [2.75, 3.05) is 19.7 Å². The molecular weight excluding hydrogens is 438 g/mol. The summed E-state index contributed by atoms with van der Waals surface area (Å²) in [6.45, 7) is -0.381. The van der Waals surface area contributed by atoms with Crippen molar-refractivity contribution in [1.82, 2.24) is 16.0 Å². The molecule has 0 bridgehead atoms. The number of rotatable bonds is 9. The third kappa shape index (κ3) is 5.54. The number of benzene rings is 2. The van der Waals surface area contributed by atoms with Crippen LogP contribution in [-0.4, -0.2) is 54.7 Å². The number of carboxylic acid groups (broad SMARTS) is 1. The molecule has 0 unspecified atom stereocenters. The quantitative estimate of drug-likeness (QED) is 0.448. The molecule has 178 valence electrons. The van der Waals surface area contributed by atoms with Crippen LogP contribution >= 0.6 is 0 Å². The maximum absolute atomic E-state index is 12.1. The van der Waals surface area contributed by atoms with Crippen LogP contribution in [0.1, 0.15) is 36.3 Å². The summed E-state index contributed by atoms with van der Waals surface area (Å²) in [7, 11) is 0. The lowest BCUT2D eigenvalue weighted by molar-refractivity contribution is -0.139. The van der Waals surface area contributed by atoms with Crippen LogP contribution in [0.4, 0.5) is 4.79 Å². The van der Waals surface area contributed by atoms with Gasteiger partial charge in [0.05, 0.1) is 6.54 Å². The fourth-order valence-corrected chi connectivity index (χ4v) is 4.59. The summed E-state index contributed by atoms with van der Waals surface area (Å²) < 4.78 is 5.38. The summed E-state index contributed by atoms with van der Waals surface area (Å²) in [6.07, 6.45) is 0.635. The molecule has 9 nitrogen and oxygen atoms in total. The number of aliphatic carboxylic acids is 1. The Morgan fingerprint density at radius 1 is 0.853 bits per heavy atom. The van der Waals surface area contributed by atoms with Gasteiger partial charge in [0.25, 0.3) is 0 Å². The van der Waals surface area contributed by atoms with Crippen LogP contribution in [0.25, 0.3) is 11.1 Å². The Hall–Kier alpha value is -3.88. The van der Waals surface area contributed by atoms with Gasteiger partial charge in [0.2, 0.25) is 11.8 Å². The van der Waals surface area contributed by atoms with E-state index in [9.17, 15) is 19.2 Å². The zero-order chi connectivity index (χ0) is 24.1. The predicted octanol–water partition coefficient (Wildman–Crippen LogP) is 2.01. The Morgan fingerprint density at radius 3 is 2.06 bits per heavy atom. The molecule has 3 amide bonds. The third-order valence-electron chi connectivity index (χ3n) is 6.25. The van der Waals surface area contributed by atoms with E-state index in [1.165, 1.54) is 0 Å². The number of alkyl carbamates (subject to hydrolysis) is 1. The summed E-state index contributed by atoms with van der Waals surface area (Å²) in [5, 5.41) is 16.3. The number of nitrogens with one attached hydrogen (secondary N) is 3. The summed E-state index contributed by atoms with van der Waals surface area (Å²) in [6, 6.07) is 16.0. The van der Waals surface area contributed by atoms with Gasteiger partial charge in [-0.3, -0.25) is 14.4 Å². The van der Waals surface area contributed by atoms with Gasteiger partial charge in [-0.05, 0) is 41.0 Å². The number of fused-ring (bicyclic) bond motifs is 3. The van der Waals surface area contributed by atoms with Gasteiger partial charge in [0.1, 0.15) is 13.2 Å². The molecule has 2 aliphatic rings. The van der Waals surface area contributed by atoms with Gasteiger partial charge in [-0.1, -0.05) is 48.5 Å². The summed E-state index contributed by atoms with van der Waals surface area (Å²) >= 11 is 0. The SMILES string of the molecule is O=C(O)CC1CC(NC(=O)CNC(=O)CNC(=O)OCC2c3ccccc3-c3ccccc32)C1. The van der Waals surface area contributed by atoms with Crippen molar-refractivity contribution < 1.29 is 29.0 Å². The van der Waals surface area contributed by atoms with Gasteiger partial charge in [0, 0.05) is 18.4 Å². The molecule has 0 radical (unpaired) electrons. The standard InChI is InChI=1S/C25H27N3O6/c29-22(26-13-23(30)28-16-9-15(10-16)11-24(31)32)12-27-25(33)34-14-21-19-7-3-1-5-17(19)18-6-2-4-8-20(18)21/h1-8,15-16,21H,9-14H2,(H,26,29)(H,27,33)(H,28,30)(H,31,32). The molecule has 4 N–H and O–H groups in total. The van der Waals surface area contributed by atoms with Crippen molar-refractivity contribution >= 4 is 23.9 Å². The second kappa shape index (κ2) is 10.4. The lowest BCUT2D eigenvalue weighted by Crippen LogP contribution is -2.49. The van der Waals surface area contributed by atoms with Crippen molar-refractivity contribution in [1.29, 1.82) is 0 Å². The maximum Gasteiger partial charge on any atom is 0.407 e. The molecule has 34 heavy (non-hydrogen) atoms. The van der Waals surface area contributed by atoms with Crippen molar-refractivity contribution in [3.05, 3.63) is 59.7 Å². The van der Waals surface area contributed by atoms with Crippen molar-refractivity contribution in [3.63, 3.8) is 0 Å². The van der Waals surface area contributed by atoms with Crippen molar-refractivity contribution in [2.45, 2.75) is 31.2 Å². The van der Waals surface area contributed by atoms with Crippen LogP contribution in [0.3, 0.4) is 0 Å². The first-order valence-electron chi connectivity index (χ1n) is 11.3. The zero-order valence-corrected chi connectivity index (χ0v) is 18.6. The van der Waals surface area contributed by atoms with E-state index < -0.39 is 18.0 Å². The molecule has 1 fully saturated rings. The highest BCUT2D eigenvalue weighted by Crippen LogP contribution is 2.44. The second-order valence-electron chi connectivity index (χ2n) is 8.66. The summed E-state index contributed by atoms with van der Waals surface area (Å²) in [5.41, 5.74) is 4.45. The van der Waals surface area contributed by atoms with E-state index in [4.69, 9.17) is 9.84 Å². The third-order valence-corrected chi connectivity index (χ3v) is 6.25. The average molecular weight is 466 g/mol. The van der Waals surface area contributed by atoms with E-state index in [2.05, 4.69) is 16.0 Å². The fourth-order valence-electron chi connectivity index (χ4n) is 4.59. The molecule has 2 aromatic carbocycles. The normalized spacial score (nSPS) is 18.1. The Bertz CT molecular complexity index is 1050. The molecule has 0 saturated heterocycles. The Balaban J connectivity index is 1.15. The molecule has 1 saturated carbocycles. The van der Waals surface area contributed by atoms with Gasteiger partial charge < -0.3 is 25.8 Å². The minimum Gasteiger partial charge on any atom is -0.481 e. The molecule has 0 heterocycles. The smallest absolute Gasteiger partial charge is 0.407 e. The molecule has 0 aromatic heterocycles. The van der Waals surface area contributed by atoms with Crippen LogP contribution < -0.4 is 16.0 Å². The average Bonchev–Trinajstić information content (AvgIpc) is 3.12. The van der Waals surface area contributed by atoms with Crippen molar-refractivity contribution in [2.24, 2.45) is 5.92 Å². The fraction of sp³-hybridized carbons (Fsp3) is 0.360. The number of carbonyl (C=O) groups is 4. The minimum absolute atomic E-state index is 0.0623. The molecule has 2 aliphatic carbocycles.